The number of rotatable bonds is 7. The van der Waals surface area contributed by atoms with Crippen molar-refractivity contribution in [3.05, 3.63) is 0 Å². The van der Waals surface area contributed by atoms with Crippen molar-refractivity contribution in [3.8, 4) is 0 Å². The summed E-state index contributed by atoms with van der Waals surface area (Å²) < 4.78 is 0. The predicted molar refractivity (Wildman–Crippen MR) is 61.9 cm³/mol. The van der Waals surface area contributed by atoms with Gasteiger partial charge in [-0.3, -0.25) is 9.59 Å². The van der Waals surface area contributed by atoms with Gasteiger partial charge in [0.2, 0.25) is 5.91 Å². The fraction of sp³-hybridized carbons (Fsp3) is 0.818. The predicted octanol–water partition coefficient (Wildman–Crippen LogP) is 0.731. The highest BCUT2D eigenvalue weighted by atomic mass is 16.4. The van der Waals surface area contributed by atoms with Gasteiger partial charge in [-0.05, 0) is 20.3 Å². The second kappa shape index (κ2) is 6.48. The number of amides is 1. The fourth-order valence-electron chi connectivity index (χ4n) is 1.07. The minimum absolute atomic E-state index is 0.0982. The van der Waals surface area contributed by atoms with E-state index in [0.717, 1.165) is 12.8 Å². The molecule has 1 atom stereocenters. The summed E-state index contributed by atoms with van der Waals surface area (Å²) in [6.07, 6.45) is 2.52. The standard InChI is InChI=1S/C11H22N2O3/c1-4-5-6-8(12)9(14)13-7-11(2,3)10(15)16/h8H,4-7,12H2,1-3H3,(H,13,14)(H,15,16)/t8-/m0/s1. The summed E-state index contributed by atoms with van der Waals surface area (Å²) in [6, 6.07) is -0.537. The number of hydrogen-bond donors (Lipinski definition) is 3. The van der Waals surface area contributed by atoms with Crippen LogP contribution in [0, 0.1) is 5.41 Å². The van der Waals surface area contributed by atoms with Crippen LogP contribution in [0.15, 0.2) is 0 Å². The molecular formula is C11H22N2O3. The highest BCUT2D eigenvalue weighted by molar-refractivity contribution is 5.82. The third-order valence-electron chi connectivity index (χ3n) is 2.49. The molecule has 0 heterocycles. The van der Waals surface area contributed by atoms with Crippen LogP contribution in [0.4, 0.5) is 0 Å². The second-order valence-corrected chi connectivity index (χ2v) is 4.66. The molecule has 0 aliphatic rings. The molecule has 0 saturated carbocycles. The number of unbranched alkanes of at least 4 members (excludes halogenated alkanes) is 1. The Bertz CT molecular complexity index is 252. The van der Waals surface area contributed by atoms with Crippen molar-refractivity contribution >= 4 is 11.9 Å². The number of carboxylic acid groups (broad SMARTS) is 1. The van der Waals surface area contributed by atoms with Gasteiger partial charge in [0.1, 0.15) is 0 Å². The summed E-state index contributed by atoms with van der Waals surface area (Å²) >= 11 is 0. The van der Waals surface area contributed by atoms with Crippen molar-refractivity contribution in [1.29, 1.82) is 0 Å². The Morgan fingerprint density at radius 2 is 2.00 bits per heavy atom. The quantitative estimate of drug-likeness (QED) is 0.601. The van der Waals surface area contributed by atoms with E-state index in [1.54, 1.807) is 13.8 Å². The maximum Gasteiger partial charge on any atom is 0.310 e. The molecule has 94 valence electrons. The molecule has 0 aliphatic carbocycles. The van der Waals surface area contributed by atoms with E-state index in [-0.39, 0.29) is 12.5 Å². The Balaban J connectivity index is 4.02. The molecule has 0 aromatic carbocycles. The van der Waals surface area contributed by atoms with Crippen molar-refractivity contribution in [2.75, 3.05) is 6.54 Å². The normalized spacial score (nSPS) is 13.2. The summed E-state index contributed by atoms with van der Waals surface area (Å²) in [5.74, 6) is -1.21. The van der Waals surface area contributed by atoms with Gasteiger partial charge in [0.15, 0.2) is 0 Å². The molecule has 0 saturated heterocycles. The van der Waals surface area contributed by atoms with Crippen LogP contribution in [0.5, 0.6) is 0 Å². The first-order valence-corrected chi connectivity index (χ1v) is 5.58. The second-order valence-electron chi connectivity index (χ2n) is 4.66. The van der Waals surface area contributed by atoms with E-state index in [1.807, 2.05) is 6.92 Å². The smallest absolute Gasteiger partial charge is 0.310 e. The van der Waals surface area contributed by atoms with Gasteiger partial charge in [-0.25, -0.2) is 0 Å². The monoisotopic (exact) mass is 230 g/mol. The van der Waals surface area contributed by atoms with Crippen LogP contribution in [0.1, 0.15) is 40.0 Å². The number of aliphatic carboxylic acids is 1. The first-order valence-electron chi connectivity index (χ1n) is 5.58. The number of carboxylic acids is 1. The SMILES string of the molecule is CCCC[C@H](N)C(=O)NCC(C)(C)C(=O)O. The third-order valence-corrected chi connectivity index (χ3v) is 2.49. The zero-order valence-corrected chi connectivity index (χ0v) is 10.2. The zero-order chi connectivity index (χ0) is 12.8. The minimum Gasteiger partial charge on any atom is -0.481 e. The molecule has 0 rings (SSSR count). The van der Waals surface area contributed by atoms with E-state index in [4.69, 9.17) is 10.8 Å². The van der Waals surface area contributed by atoms with Gasteiger partial charge in [-0.1, -0.05) is 19.8 Å². The molecule has 16 heavy (non-hydrogen) atoms. The maximum absolute atomic E-state index is 11.5. The van der Waals surface area contributed by atoms with E-state index >= 15 is 0 Å². The summed E-state index contributed by atoms with van der Waals surface area (Å²) in [6.45, 7) is 5.25. The molecule has 0 aromatic heterocycles. The molecular weight excluding hydrogens is 208 g/mol. The lowest BCUT2D eigenvalue weighted by Gasteiger charge is -2.21. The summed E-state index contributed by atoms with van der Waals surface area (Å²) in [7, 11) is 0. The lowest BCUT2D eigenvalue weighted by molar-refractivity contribution is -0.146. The van der Waals surface area contributed by atoms with Crippen LogP contribution in [0.25, 0.3) is 0 Å². The Hall–Kier alpha value is -1.10. The van der Waals surface area contributed by atoms with Crippen molar-refractivity contribution in [2.45, 2.75) is 46.1 Å². The summed E-state index contributed by atoms with van der Waals surface area (Å²) in [5.41, 5.74) is 4.69. The van der Waals surface area contributed by atoms with Gasteiger partial charge in [0.25, 0.3) is 0 Å². The Morgan fingerprint density at radius 1 is 1.44 bits per heavy atom. The molecule has 0 spiro atoms. The molecule has 0 aliphatic heterocycles. The first-order chi connectivity index (χ1) is 7.31. The van der Waals surface area contributed by atoms with Gasteiger partial charge in [-0.15, -0.1) is 0 Å². The number of carbonyl (C=O) groups is 2. The third kappa shape index (κ3) is 5.11. The van der Waals surface area contributed by atoms with Crippen molar-refractivity contribution in [2.24, 2.45) is 11.1 Å². The van der Waals surface area contributed by atoms with E-state index in [0.29, 0.717) is 6.42 Å². The van der Waals surface area contributed by atoms with Crippen LogP contribution < -0.4 is 11.1 Å². The van der Waals surface area contributed by atoms with Crippen LogP contribution in [-0.2, 0) is 9.59 Å². The molecule has 0 aromatic rings. The molecule has 0 unspecified atom stereocenters. The number of nitrogens with two attached hydrogens (primary N) is 1. The minimum atomic E-state index is -0.958. The largest absolute Gasteiger partial charge is 0.481 e. The average Bonchev–Trinajstić information content (AvgIpc) is 2.22. The van der Waals surface area contributed by atoms with Gasteiger partial charge in [-0.2, -0.15) is 0 Å². The molecule has 1 amide bonds. The Morgan fingerprint density at radius 3 is 2.44 bits per heavy atom. The van der Waals surface area contributed by atoms with Crippen molar-refractivity contribution < 1.29 is 14.7 Å². The van der Waals surface area contributed by atoms with Crippen LogP contribution in [0.3, 0.4) is 0 Å². The Kier molecular flexibility index (Phi) is 6.03. The number of hydrogen-bond acceptors (Lipinski definition) is 3. The maximum atomic E-state index is 11.5. The summed E-state index contributed by atoms with van der Waals surface area (Å²) in [5, 5.41) is 11.4. The van der Waals surface area contributed by atoms with E-state index in [9.17, 15) is 9.59 Å². The van der Waals surface area contributed by atoms with E-state index in [2.05, 4.69) is 5.32 Å². The van der Waals surface area contributed by atoms with Crippen molar-refractivity contribution in [1.82, 2.24) is 5.32 Å². The average molecular weight is 230 g/mol. The Labute approximate surface area is 96.4 Å². The lowest BCUT2D eigenvalue weighted by Crippen LogP contribution is -2.46. The topological polar surface area (TPSA) is 92.4 Å². The van der Waals surface area contributed by atoms with E-state index < -0.39 is 17.4 Å². The molecule has 0 fully saturated rings. The zero-order valence-electron chi connectivity index (χ0n) is 10.2. The van der Waals surface area contributed by atoms with Gasteiger partial charge < -0.3 is 16.2 Å². The highest BCUT2D eigenvalue weighted by Crippen LogP contribution is 2.13. The number of carbonyl (C=O) groups excluding carboxylic acids is 1. The molecule has 0 radical (unpaired) electrons. The fourth-order valence-corrected chi connectivity index (χ4v) is 1.07. The summed E-state index contributed by atoms with van der Waals surface area (Å²) in [4.78, 5) is 22.3. The van der Waals surface area contributed by atoms with Crippen LogP contribution in [0.2, 0.25) is 0 Å². The van der Waals surface area contributed by atoms with E-state index in [1.165, 1.54) is 0 Å². The molecule has 5 heteroatoms. The van der Waals surface area contributed by atoms with Crippen molar-refractivity contribution in [3.63, 3.8) is 0 Å². The lowest BCUT2D eigenvalue weighted by atomic mass is 9.94. The molecule has 4 N–H and O–H groups in total. The number of nitrogens with one attached hydrogen (secondary N) is 1. The molecule has 0 bridgehead atoms. The van der Waals surface area contributed by atoms with Gasteiger partial charge in [0.05, 0.1) is 11.5 Å². The van der Waals surface area contributed by atoms with Crippen LogP contribution >= 0.6 is 0 Å². The van der Waals surface area contributed by atoms with Gasteiger partial charge in [0, 0.05) is 6.54 Å². The highest BCUT2D eigenvalue weighted by Gasteiger charge is 2.28. The molecule has 5 nitrogen and oxygen atoms in total. The van der Waals surface area contributed by atoms with Crippen LogP contribution in [-0.4, -0.2) is 29.6 Å². The first kappa shape index (κ1) is 14.9. The van der Waals surface area contributed by atoms with Gasteiger partial charge >= 0.3 is 5.97 Å².